The van der Waals surface area contributed by atoms with Gasteiger partial charge in [-0.2, -0.15) is 5.10 Å². The van der Waals surface area contributed by atoms with Crippen LogP contribution in [0.4, 0.5) is 0 Å². The van der Waals surface area contributed by atoms with Crippen LogP contribution in [0.3, 0.4) is 0 Å². The van der Waals surface area contributed by atoms with Gasteiger partial charge in [0.1, 0.15) is 0 Å². The first-order chi connectivity index (χ1) is 12.2. The highest BCUT2D eigenvalue weighted by Crippen LogP contribution is 2.22. The standard InChI is InChI=1S/C21H33N5/c1-16(2)19-17(14-26(7)24-19)13-25(6)20(22-5)23-15-21(3,4)18-11-9-8-10-12-18/h8-12,14,16H,13,15H2,1-7H3,(H,22,23). The van der Waals surface area contributed by atoms with Crippen molar-refractivity contribution >= 4 is 5.96 Å². The van der Waals surface area contributed by atoms with Crippen LogP contribution in [0.1, 0.15) is 50.4 Å². The lowest BCUT2D eigenvalue weighted by molar-refractivity contribution is 0.447. The highest BCUT2D eigenvalue weighted by atomic mass is 15.3. The molecule has 0 unspecified atom stereocenters. The summed E-state index contributed by atoms with van der Waals surface area (Å²) in [6.45, 7) is 10.5. The number of aryl methyl sites for hydroxylation is 1. The van der Waals surface area contributed by atoms with Crippen LogP contribution in [0.25, 0.3) is 0 Å². The fourth-order valence-corrected chi connectivity index (χ4v) is 3.17. The molecule has 0 atom stereocenters. The van der Waals surface area contributed by atoms with E-state index in [2.05, 4.69) is 91.6 Å². The van der Waals surface area contributed by atoms with Gasteiger partial charge in [0, 0.05) is 51.4 Å². The van der Waals surface area contributed by atoms with Gasteiger partial charge in [0.25, 0.3) is 0 Å². The van der Waals surface area contributed by atoms with Gasteiger partial charge < -0.3 is 10.2 Å². The van der Waals surface area contributed by atoms with Crippen molar-refractivity contribution in [3.8, 4) is 0 Å². The molecule has 0 radical (unpaired) electrons. The first kappa shape index (κ1) is 20.0. The third-order valence-electron chi connectivity index (χ3n) is 4.71. The number of guanidine groups is 1. The Morgan fingerprint density at radius 1 is 1.27 bits per heavy atom. The molecule has 0 aliphatic carbocycles. The van der Waals surface area contributed by atoms with Gasteiger partial charge in [0.2, 0.25) is 0 Å². The molecule has 1 heterocycles. The molecule has 1 N–H and O–H groups in total. The molecule has 0 aliphatic heterocycles. The molecule has 1 aromatic heterocycles. The number of nitrogens with one attached hydrogen (secondary N) is 1. The number of hydrogen-bond donors (Lipinski definition) is 1. The summed E-state index contributed by atoms with van der Waals surface area (Å²) in [6, 6.07) is 10.6. The second-order valence-electron chi connectivity index (χ2n) is 7.87. The van der Waals surface area contributed by atoms with Crippen LogP contribution < -0.4 is 5.32 Å². The normalized spacial score (nSPS) is 12.5. The van der Waals surface area contributed by atoms with Gasteiger partial charge in [0.05, 0.1) is 5.69 Å². The molecule has 0 bridgehead atoms. The summed E-state index contributed by atoms with van der Waals surface area (Å²) < 4.78 is 1.90. The van der Waals surface area contributed by atoms with Gasteiger partial charge in [-0.25, -0.2) is 0 Å². The lowest BCUT2D eigenvalue weighted by Gasteiger charge is -2.29. The Hall–Kier alpha value is -2.30. The molecule has 0 amide bonds. The molecule has 2 rings (SSSR count). The number of aliphatic imine (C=N–C) groups is 1. The number of hydrogen-bond acceptors (Lipinski definition) is 2. The maximum Gasteiger partial charge on any atom is 0.193 e. The molecule has 0 aliphatic rings. The fourth-order valence-electron chi connectivity index (χ4n) is 3.17. The third kappa shape index (κ3) is 4.87. The van der Waals surface area contributed by atoms with E-state index in [0.29, 0.717) is 5.92 Å². The van der Waals surface area contributed by atoms with Gasteiger partial charge >= 0.3 is 0 Å². The second-order valence-corrected chi connectivity index (χ2v) is 7.87. The van der Waals surface area contributed by atoms with Crippen molar-refractivity contribution in [2.45, 2.75) is 45.6 Å². The van der Waals surface area contributed by atoms with Crippen LogP contribution in [0, 0.1) is 0 Å². The topological polar surface area (TPSA) is 45.5 Å². The minimum absolute atomic E-state index is 0.0232. The zero-order chi connectivity index (χ0) is 19.3. The summed E-state index contributed by atoms with van der Waals surface area (Å²) in [6.07, 6.45) is 2.10. The van der Waals surface area contributed by atoms with Gasteiger partial charge in [0.15, 0.2) is 5.96 Å². The van der Waals surface area contributed by atoms with Crippen LogP contribution in [0.15, 0.2) is 41.5 Å². The molecule has 0 saturated carbocycles. The van der Waals surface area contributed by atoms with E-state index in [9.17, 15) is 0 Å². The van der Waals surface area contributed by atoms with E-state index in [1.54, 1.807) is 0 Å². The van der Waals surface area contributed by atoms with Crippen molar-refractivity contribution in [1.29, 1.82) is 0 Å². The minimum Gasteiger partial charge on any atom is -0.355 e. The van der Waals surface area contributed by atoms with Crippen molar-refractivity contribution in [3.63, 3.8) is 0 Å². The maximum atomic E-state index is 4.60. The van der Waals surface area contributed by atoms with E-state index in [0.717, 1.165) is 24.7 Å². The zero-order valence-corrected chi connectivity index (χ0v) is 17.2. The van der Waals surface area contributed by atoms with E-state index in [1.165, 1.54) is 11.1 Å². The Morgan fingerprint density at radius 2 is 1.92 bits per heavy atom. The summed E-state index contributed by atoms with van der Waals surface area (Å²) in [5.74, 6) is 1.30. The van der Waals surface area contributed by atoms with Crippen LogP contribution >= 0.6 is 0 Å². The average molecular weight is 356 g/mol. The molecular weight excluding hydrogens is 322 g/mol. The third-order valence-corrected chi connectivity index (χ3v) is 4.71. The quantitative estimate of drug-likeness (QED) is 0.637. The minimum atomic E-state index is 0.0232. The molecule has 5 nitrogen and oxygen atoms in total. The van der Waals surface area contributed by atoms with Crippen molar-refractivity contribution in [2.75, 3.05) is 20.6 Å². The zero-order valence-electron chi connectivity index (χ0n) is 17.2. The predicted molar refractivity (Wildman–Crippen MR) is 110 cm³/mol. The summed E-state index contributed by atoms with van der Waals surface area (Å²) in [4.78, 5) is 6.62. The van der Waals surface area contributed by atoms with Gasteiger partial charge in [-0.1, -0.05) is 58.0 Å². The number of rotatable bonds is 6. The first-order valence-electron chi connectivity index (χ1n) is 9.24. The SMILES string of the molecule is CN=C(NCC(C)(C)c1ccccc1)N(C)Cc1cn(C)nc1C(C)C. The number of nitrogens with zero attached hydrogens (tertiary/aromatic N) is 4. The van der Waals surface area contributed by atoms with Gasteiger partial charge in [-0.05, 0) is 11.5 Å². The number of aromatic nitrogens is 2. The molecule has 0 saturated heterocycles. The Kier molecular flexibility index (Phi) is 6.46. The van der Waals surface area contributed by atoms with Crippen molar-refractivity contribution in [1.82, 2.24) is 20.0 Å². The van der Waals surface area contributed by atoms with E-state index >= 15 is 0 Å². The Morgan fingerprint density at radius 3 is 2.50 bits per heavy atom. The molecule has 5 heteroatoms. The number of benzene rings is 1. The Balaban J connectivity index is 2.05. The Labute approximate surface area is 158 Å². The highest BCUT2D eigenvalue weighted by molar-refractivity contribution is 5.79. The molecule has 26 heavy (non-hydrogen) atoms. The monoisotopic (exact) mass is 355 g/mol. The van der Waals surface area contributed by atoms with Crippen molar-refractivity contribution < 1.29 is 0 Å². The largest absolute Gasteiger partial charge is 0.355 e. The lowest BCUT2D eigenvalue weighted by atomic mass is 9.85. The van der Waals surface area contributed by atoms with Crippen LogP contribution in [0.5, 0.6) is 0 Å². The molecule has 0 fully saturated rings. The van der Waals surface area contributed by atoms with Crippen LogP contribution in [0.2, 0.25) is 0 Å². The maximum absolute atomic E-state index is 4.60. The highest BCUT2D eigenvalue weighted by Gasteiger charge is 2.22. The Bertz CT molecular complexity index is 728. The summed E-state index contributed by atoms with van der Waals surface area (Å²) >= 11 is 0. The van der Waals surface area contributed by atoms with E-state index in [1.807, 2.05) is 18.8 Å². The molecule has 1 aromatic carbocycles. The van der Waals surface area contributed by atoms with Crippen molar-refractivity contribution in [2.24, 2.45) is 12.0 Å². The predicted octanol–water partition coefficient (Wildman–Crippen LogP) is 3.53. The molecule has 2 aromatic rings. The second kappa shape index (κ2) is 8.39. The van der Waals surface area contributed by atoms with Crippen LogP contribution in [-0.2, 0) is 19.0 Å². The van der Waals surface area contributed by atoms with E-state index in [4.69, 9.17) is 0 Å². The molecule has 0 spiro atoms. The van der Waals surface area contributed by atoms with Crippen LogP contribution in [-0.4, -0.2) is 41.3 Å². The van der Waals surface area contributed by atoms with E-state index in [-0.39, 0.29) is 5.41 Å². The smallest absolute Gasteiger partial charge is 0.193 e. The summed E-state index contributed by atoms with van der Waals surface area (Å²) in [5, 5.41) is 8.14. The first-order valence-corrected chi connectivity index (χ1v) is 9.24. The average Bonchev–Trinajstić information content (AvgIpc) is 2.96. The molecular formula is C21H33N5. The molecule has 142 valence electrons. The van der Waals surface area contributed by atoms with Crippen molar-refractivity contribution in [3.05, 3.63) is 53.3 Å². The van der Waals surface area contributed by atoms with Gasteiger partial charge in [-0.15, -0.1) is 0 Å². The van der Waals surface area contributed by atoms with E-state index < -0.39 is 0 Å². The summed E-state index contributed by atoms with van der Waals surface area (Å²) in [7, 11) is 5.88. The lowest BCUT2D eigenvalue weighted by Crippen LogP contribution is -2.44. The summed E-state index contributed by atoms with van der Waals surface area (Å²) in [5.41, 5.74) is 3.74. The fraction of sp³-hybridized carbons (Fsp3) is 0.524. The van der Waals surface area contributed by atoms with Gasteiger partial charge in [-0.3, -0.25) is 9.67 Å².